The Balaban J connectivity index is 2.09. The second-order valence-electron chi connectivity index (χ2n) is 3.85. The molecule has 0 aliphatic carbocycles. The van der Waals surface area contributed by atoms with Gasteiger partial charge < -0.3 is 10.5 Å². The number of rotatable bonds is 4. The predicted molar refractivity (Wildman–Crippen MR) is 70.1 cm³/mol. The van der Waals surface area contributed by atoms with Crippen molar-refractivity contribution in [1.82, 2.24) is 0 Å². The summed E-state index contributed by atoms with van der Waals surface area (Å²) in [6.45, 7) is 0.747. The van der Waals surface area contributed by atoms with E-state index in [4.69, 9.17) is 22.1 Å². The first-order valence-electron chi connectivity index (χ1n) is 5.55. The molecule has 0 aromatic heterocycles. The van der Waals surface area contributed by atoms with Crippen molar-refractivity contribution < 1.29 is 9.13 Å². The Morgan fingerprint density at radius 1 is 1.17 bits per heavy atom. The average Bonchev–Trinajstić information content (AvgIpc) is 2.40. The lowest BCUT2D eigenvalue weighted by molar-refractivity contribution is 0.303. The SMILES string of the molecule is NCc1ccccc1OCc1ccc(F)c(Cl)c1. The zero-order valence-corrected chi connectivity index (χ0v) is 10.5. The van der Waals surface area contributed by atoms with Gasteiger partial charge >= 0.3 is 0 Å². The molecular formula is C14H13ClFNO. The third-order valence-electron chi connectivity index (χ3n) is 2.57. The summed E-state index contributed by atoms with van der Waals surface area (Å²) in [5.74, 6) is 0.309. The molecular weight excluding hydrogens is 253 g/mol. The van der Waals surface area contributed by atoms with E-state index in [0.717, 1.165) is 16.9 Å². The van der Waals surface area contributed by atoms with Crippen molar-refractivity contribution in [1.29, 1.82) is 0 Å². The molecule has 94 valence electrons. The molecule has 0 fully saturated rings. The summed E-state index contributed by atoms with van der Waals surface area (Å²) in [4.78, 5) is 0. The number of hydrogen-bond donors (Lipinski definition) is 1. The van der Waals surface area contributed by atoms with Crippen LogP contribution in [0.4, 0.5) is 4.39 Å². The fourth-order valence-electron chi connectivity index (χ4n) is 1.60. The second kappa shape index (κ2) is 5.85. The van der Waals surface area contributed by atoms with E-state index in [0.29, 0.717) is 13.2 Å². The second-order valence-corrected chi connectivity index (χ2v) is 4.26. The van der Waals surface area contributed by atoms with Gasteiger partial charge in [0.25, 0.3) is 0 Å². The number of benzene rings is 2. The summed E-state index contributed by atoms with van der Waals surface area (Å²) in [5, 5.41) is 0.100. The van der Waals surface area contributed by atoms with Crippen LogP contribution in [0.15, 0.2) is 42.5 Å². The number of hydrogen-bond acceptors (Lipinski definition) is 2. The summed E-state index contributed by atoms with van der Waals surface area (Å²) >= 11 is 5.70. The Kier molecular flexibility index (Phi) is 4.18. The minimum atomic E-state index is -0.428. The van der Waals surface area contributed by atoms with Crippen molar-refractivity contribution in [2.24, 2.45) is 5.73 Å². The van der Waals surface area contributed by atoms with Crippen molar-refractivity contribution in [2.45, 2.75) is 13.2 Å². The molecule has 2 nitrogen and oxygen atoms in total. The zero-order chi connectivity index (χ0) is 13.0. The van der Waals surface area contributed by atoms with E-state index in [1.54, 1.807) is 12.1 Å². The Hall–Kier alpha value is -1.58. The molecule has 0 radical (unpaired) electrons. The molecule has 0 bridgehead atoms. The van der Waals surface area contributed by atoms with Crippen LogP contribution in [0.5, 0.6) is 5.75 Å². The van der Waals surface area contributed by atoms with Crippen LogP contribution in [0.2, 0.25) is 5.02 Å². The van der Waals surface area contributed by atoms with E-state index in [1.807, 2.05) is 24.3 Å². The standard InChI is InChI=1S/C14H13ClFNO/c15-12-7-10(5-6-13(12)16)9-18-14-4-2-1-3-11(14)8-17/h1-7H,8-9,17H2. The molecule has 0 atom stereocenters. The summed E-state index contributed by atoms with van der Waals surface area (Å²) in [6.07, 6.45) is 0. The maximum Gasteiger partial charge on any atom is 0.141 e. The van der Waals surface area contributed by atoms with Crippen LogP contribution in [0, 0.1) is 5.82 Å². The smallest absolute Gasteiger partial charge is 0.141 e. The molecule has 0 aliphatic heterocycles. The third-order valence-corrected chi connectivity index (χ3v) is 2.86. The zero-order valence-electron chi connectivity index (χ0n) is 9.70. The Bertz CT molecular complexity index is 545. The van der Waals surface area contributed by atoms with Crippen LogP contribution in [0.1, 0.15) is 11.1 Å². The van der Waals surface area contributed by atoms with E-state index >= 15 is 0 Å². The van der Waals surface area contributed by atoms with Crippen molar-refractivity contribution in [3.63, 3.8) is 0 Å². The average molecular weight is 266 g/mol. The van der Waals surface area contributed by atoms with Gasteiger partial charge in [0.2, 0.25) is 0 Å². The van der Waals surface area contributed by atoms with Crippen LogP contribution >= 0.6 is 11.6 Å². The van der Waals surface area contributed by atoms with Gasteiger partial charge in [-0.25, -0.2) is 4.39 Å². The van der Waals surface area contributed by atoms with Crippen LogP contribution in [-0.2, 0) is 13.2 Å². The van der Waals surface area contributed by atoms with Crippen LogP contribution < -0.4 is 10.5 Å². The fraction of sp³-hybridized carbons (Fsp3) is 0.143. The summed E-state index contributed by atoms with van der Waals surface area (Å²) in [7, 11) is 0. The van der Waals surface area contributed by atoms with Crippen molar-refractivity contribution in [3.8, 4) is 5.75 Å². The maximum absolute atomic E-state index is 13.0. The molecule has 18 heavy (non-hydrogen) atoms. The number of ether oxygens (including phenoxy) is 1. The Morgan fingerprint density at radius 3 is 2.67 bits per heavy atom. The van der Waals surface area contributed by atoms with Crippen LogP contribution in [0.25, 0.3) is 0 Å². The van der Waals surface area contributed by atoms with Gasteiger partial charge in [0.1, 0.15) is 18.2 Å². The number of nitrogens with two attached hydrogens (primary N) is 1. The largest absolute Gasteiger partial charge is 0.489 e. The monoisotopic (exact) mass is 265 g/mol. The van der Waals surface area contributed by atoms with Gasteiger partial charge in [-0.05, 0) is 23.8 Å². The molecule has 0 saturated carbocycles. The van der Waals surface area contributed by atoms with Crippen LogP contribution in [0.3, 0.4) is 0 Å². The van der Waals surface area contributed by atoms with Gasteiger partial charge in [0.05, 0.1) is 5.02 Å². The van der Waals surface area contributed by atoms with E-state index in [2.05, 4.69) is 0 Å². The lowest BCUT2D eigenvalue weighted by atomic mass is 10.2. The highest BCUT2D eigenvalue weighted by molar-refractivity contribution is 6.30. The minimum absolute atomic E-state index is 0.100. The molecule has 0 spiro atoms. The molecule has 2 rings (SSSR count). The van der Waals surface area contributed by atoms with Gasteiger partial charge in [0, 0.05) is 12.1 Å². The minimum Gasteiger partial charge on any atom is -0.489 e. The summed E-state index contributed by atoms with van der Waals surface area (Å²) in [5.41, 5.74) is 7.36. The first kappa shape index (κ1) is 12.9. The molecule has 2 aromatic carbocycles. The highest BCUT2D eigenvalue weighted by Gasteiger charge is 2.04. The van der Waals surface area contributed by atoms with Gasteiger partial charge in [-0.3, -0.25) is 0 Å². The van der Waals surface area contributed by atoms with Gasteiger partial charge in [-0.1, -0.05) is 35.9 Å². The fourth-order valence-corrected chi connectivity index (χ4v) is 1.81. The van der Waals surface area contributed by atoms with Crippen molar-refractivity contribution in [2.75, 3.05) is 0 Å². The lowest BCUT2D eigenvalue weighted by Gasteiger charge is -2.10. The predicted octanol–water partition coefficient (Wildman–Crippen LogP) is 3.52. The van der Waals surface area contributed by atoms with Crippen LogP contribution in [-0.4, -0.2) is 0 Å². The van der Waals surface area contributed by atoms with Crippen molar-refractivity contribution >= 4 is 11.6 Å². The maximum atomic E-state index is 13.0. The molecule has 4 heteroatoms. The lowest BCUT2D eigenvalue weighted by Crippen LogP contribution is -2.02. The van der Waals surface area contributed by atoms with Gasteiger partial charge in [-0.15, -0.1) is 0 Å². The number of halogens is 2. The first-order chi connectivity index (χ1) is 8.70. The number of para-hydroxylation sites is 1. The quantitative estimate of drug-likeness (QED) is 0.918. The molecule has 0 amide bonds. The highest BCUT2D eigenvalue weighted by atomic mass is 35.5. The third kappa shape index (κ3) is 3.00. The highest BCUT2D eigenvalue weighted by Crippen LogP contribution is 2.20. The molecule has 2 N–H and O–H groups in total. The first-order valence-corrected chi connectivity index (χ1v) is 5.93. The summed E-state index contributed by atoms with van der Waals surface area (Å²) < 4.78 is 18.6. The normalized spacial score (nSPS) is 10.4. The van der Waals surface area contributed by atoms with Gasteiger partial charge in [0.15, 0.2) is 0 Å². The van der Waals surface area contributed by atoms with E-state index in [1.165, 1.54) is 6.07 Å². The molecule has 0 unspecified atom stereocenters. The Morgan fingerprint density at radius 2 is 1.94 bits per heavy atom. The molecule has 0 heterocycles. The van der Waals surface area contributed by atoms with Crippen molar-refractivity contribution in [3.05, 3.63) is 64.4 Å². The van der Waals surface area contributed by atoms with E-state index in [9.17, 15) is 4.39 Å². The van der Waals surface area contributed by atoms with Gasteiger partial charge in [-0.2, -0.15) is 0 Å². The topological polar surface area (TPSA) is 35.2 Å². The van der Waals surface area contributed by atoms with E-state index < -0.39 is 5.82 Å². The molecule has 2 aromatic rings. The molecule has 0 aliphatic rings. The Labute approximate surface area is 110 Å². The van der Waals surface area contributed by atoms with E-state index in [-0.39, 0.29) is 5.02 Å². The molecule has 0 saturated heterocycles. The summed E-state index contributed by atoms with van der Waals surface area (Å²) in [6, 6.07) is 12.1.